The molecule has 0 amide bonds. The summed E-state index contributed by atoms with van der Waals surface area (Å²) in [5, 5.41) is 0. The van der Waals surface area contributed by atoms with Crippen molar-refractivity contribution in [1.82, 2.24) is 0 Å². The van der Waals surface area contributed by atoms with E-state index in [1.54, 1.807) is 24.3 Å². The van der Waals surface area contributed by atoms with Gasteiger partial charge in [0.1, 0.15) is 0 Å². The number of carbonyl (C=O) groups is 4. The van der Waals surface area contributed by atoms with Crippen LogP contribution in [-0.2, 0) is 9.47 Å². The van der Waals surface area contributed by atoms with Crippen LogP contribution >= 0.6 is 0 Å². The van der Waals surface area contributed by atoms with E-state index in [-0.39, 0.29) is 22.3 Å². The zero-order valence-electron chi connectivity index (χ0n) is 24.2. The molecule has 0 spiro atoms. The molecule has 6 nitrogen and oxygen atoms in total. The Balaban J connectivity index is 1.35. The Morgan fingerprint density at radius 3 is 0.848 bits per heavy atom. The molecular weight excluding hydrogens is 576 g/mol. The second kappa shape index (κ2) is 10.6. The van der Waals surface area contributed by atoms with Gasteiger partial charge in [0.15, 0.2) is 0 Å². The van der Waals surface area contributed by atoms with Gasteiger partial charge >= 0.3 is 23.9 Å². The fourth-order valence-electron chi connectivity index (χ4n) is 6.13. The molecule has 0 bridgehead atoms. The lowest BCUT2D eigenvalue weighted by Gasteiger charge is -2.17. The van der Waals surface area contributed by atoms with Crippen molar-refractivity contribution in [3.8, 4) is 55.6 Å². The summed E-state index contributed by atoms with van der Waals surface area (Å²) < 4.78 is 9.94. The van der Waals surface area contributed by atoms with E-state index in [2.05, 4.69) is 0 Å². The average molecular weight is 599 g/mol. The standard InChI is InChI=1S/C40H22O6/c41-37-33-19-29(27-15-11-25(12-16-27)23-7-3-1-4-8-23)31(21-35(33)39(43)45-37)32-22-36-34(38(42)46-40(36)44)20-30(32)28-17-13-26(14-18-28)24-9-5-2-6-10-24/h1-22H. The molecule has 46 heavy (non-hydrogen) atoms. The fourth-order valence-corrected chi connectivity index (χ4v) is 6.13. The van der Waals surface area contributed by atoms with Crippen LogP contribution in [0.5, 0.6) is 0 Å². The zero-order valence-corrected chi connectivity index (χ0v) is 24.2. The second-order valence-corrected chi connectivity index (χ2v) is 11.1. The summed E-state index contributed by atoms with van der Waals surface area (Å²) in [6, 6.07) is 42.3. The van der Waals surface area contributed by atoms with Crippen LogP contribution in [0, 0.1) is 0 Å². The van der Waals surface area contributed by atoms with Crippen LogP contribution in [0.1, 0.15) is 41.4 Å². The van der Waals surface area contributed by atoms with Gasteiger partial charge in [0.05, 0.1) is 22.3 Å². The van der Waals surface area contributed by atoms with E-state index in [0.29, 0.717) is 22.3 Å². The highest BCUT2D eigenvalue weighted by Crippen LogP contribution is 2.44. The number of fused-ring (bicyclic) bond motifs is 2. The van der Waals surface area contributed by atoms with Gasteiger partial charge in [-0.1, -0.05) is 109 Å². The van der Waals surface area contributed by atoms with Gasteiger partial charge in [-0.15, -0.1) is 0 Å². The molecule has 0 fully saturated rings. The number of hydrogen-bond acceptors (Lipinski definition) is 6. The van der Waals surface area contributed by atoms with Crippen LogP contribution < -0.4 is 0 Å². The Kier molecular flexibility index (Phi) is 6.29. The van der Waals surface area contributed by atoms with Gasteiger partial charge in [0, 0.05) is 0 Å². The van der Waals surface area contributed by atoms with Crippen molar-refractivity contribution in [1.29, 1.82) is 0 Å². The average Bonchev–Trinajstić information content (AvgIpc) is 3.55. The highest BCUT2D eigenvalue weighted by molar-refractivity contribution is 6.18. The highest BCUT2D eigenvalue weighted by Gasteiger charge is 2.35. The molecule has 218 valence electrons. The molecule has 8 rings (SSSR count). The summed E-state index contributed by atoms with van der Waals surface area (Å²) in [5.41, 5.74) is 8.81. The minimum Gasteiger partial charge on any atom is -0.386 e. The van der Waals surface area contributed by atoms with Crippen molar-refractivity contribution in [2.45, 2.75) is 0 Å². The smallest absolute Gasteiger partial charge is 0.346 e. The lowest BCUT2D eigenvalue weighted by atomic mass is 9.84. The van der Waals surface area contributed by atoms with Gasteiger partial charge in [-0.05, 0) is 79.9 Å². The van der Waals surface area contributed by atoms with E-state index < -0.39 is 23.9 Å². The number of carbonyl (C=O) groups excluding carboxylic acids is 4. The third-order valence-electron chi connectivity index (χ3n) is 8.46. The summed E-state index contributed by atoms with van der Waals surface area (Å²) in [7, 11) is 0. The summed E-state index contributed by atoms with van der Waals surface area (Å²) in [5.74, 6) is -2.91. The SMILES string of the molecule is O=C1OC(=O)c2cc(-c3cc4c(cc3-c3ccc(-c5ccccc5)cc3)C(=O)OC4=O)c(-c3ccc(-c4ccccc4)cc3)cc21. The van der Waals surface area contributed by atoms with E-state index in [1.165, 1.54) is 0 Å². The second-order valence-electron chi connectivity index (χ2n) is 11.1. The van der Waals surface area contributed by atoms with Crippen molar-refractivity contribution in [2.75, 3.05) is 0 Å². The Hall–Kier alpha value is -6.40. The molecule has 6 aromatic carbocycles. The molecule has 0 saturated heterocycles. The Morgan fingerprint density at radius 1 is 0.261 bits per heavy atom. The predicted molar refractivity (Wildman–Crippen MR) is 173 cm³/mol. The van der Waals surface area contributed by atoms with Crippen LogP contribution in [0.2, 0.25) is 0 Å². The van der Waals surface area contributed by atoms with Gasteiger partial charge in [-0.3, -0.25) is 0 Å². The molecule has 6 aromatic rings. The molecule has 0 aromatic heterocycles. The third-order valence-corrected chi connectivity index (χ3v) is 8.46. The van der Waals surface area contributed by atoms with E-state index >= 15 is 0 Å². The maximum atomic E-state index is 12.8. The van der Waals surface area contributed by atoms with Crippen molar-refractivity contribution < 1.29 is 28.7 Å². The molecule has 2 aliphatic heterocycles. The molecule has 2 aliphatic rings. The molecule has 0 atom stereocenters. The third kappa shape index (κ3) is 4.52. The fraction of sp³-hybridized carbons (Fsp3) is 0. The zero-order chi connectivity index (χ0) is 31.4. The first-order chi connectivity index (χ1) is 22.4. The van der Waals surface area contributed by atoms with E-state index in [4.69, 9.17) is 9.47 Å². The number of cyclic esters (lactones) is 4. The van der Waals surface area contributed by atoms with E-state index in [0.717, 1.165) is 33.4 Å². The largest absolute Gasteiger partial charge is 0.386 e. The maximum absolute atomic E-state index is 12.8. The molecule has 0 saturated carbocycles. The number of esters is 4. The van der Waals surface area contributed by atoms with E-state index in [1.807, 2.05) is 109 Å². The van der Waals surface area contributed by atoms with Gasteiger partial charge in [-0.25, -0.2) is 19.2 Å². The minimum atomic E-state index is -0.739. The van der Waals surface area contributed by atoms with Crippen molar-refractivity contribution >= 4 is 23.9 Å². The number of rotatable bonds is 5. The summed E-state index contributed by atoms with van der Waals surface area (Å²) in [6.45, 7) is 0. The molecule has 2 heterocycles. The Morgan fingerprint density at radius 2 is 0.522 bits per heavy atom. The monoisotopic (exact) mass is 598 g/mol. The molecular formula is C40H22O6. The van der Waals surface area contributed by atoms with E-state index in [9.17, 15) is 19.2 Å². The molecule has 0 radical (unpaired) electrons. The first-order valence-corrected chi connectivity index (χ1v) is 14.7. The van der Waals surface area contributed by atoms with Crippen molar-refractivity contribution in [3.63, 3.8) is 0 Å². The van der Waals surface area contributed by atoms with Crippen LogP contribution in [0.4, 0.5) is 0 Å². The number of hydrogen-bond donors (Lipinski definition) is 0. The number of benzene rings is 6. The highest BCUT2D eigenvalue weighted by atomic mass is 16.6. The van der Waals surface area contributed by atoms with Gasteiger partial charge in [-0.2, -0.15) is 0 Å². The quantitative estimate of drug-likeness (QED) is 0.146. The molecule has 6 heteroatoms. The lowest BCUT2D eigenvalue weighted by molar-refractivity contribution is 0.0425. The van der Waals surface area contributed by atoms with Crippen LogP contribution in [0.15, 0.2) is 133 Å². The van der Waals surface area contributed by atoms with Crippen molar-refractivity contribution in [3.05, 3.63) is 156 Å². The predicted octanol–water partition coefficient (Wildman–Crippen LogP) is 8.64. The topological polar surface area (TPSA) is 86.7 Å². The summed E-state index contributed by atoms with van der Waals surface area (Å²) in [4.78, 5) is 50.9. The van der Waals surface area contributed by atoms with Crippen LogP contribution in [0.25, 0.3) is 55.6 Å². The van der Waals surface area contributed by atoms with Crippen molar-refractivity contribution in [2.24, 2.45) is 0 Å². The molecule has 0 aliphatic carbocycles. The van der Waals surface area contributed by atoms with Crippen LogP contribution in [-0.4, -0.2) is 23.9 Å². The van der Waals surface area contributed by atoms with Gasteiger partial charge in [0.25, 0.3) is 0 Å². The summed E-state index contributed by atoms with van der Waals surface area (Å²) in [6.07, 6.45) is 0. The first-order valence-electron chi connectivity index (χ1n) is 14.7. The van der Waals surface area contributed by atoms with Gasteiger partial charge in [0.2, 0.25) is 0 Å². The molecule has 0 N–H and O–H groups in total. The minimum absolute atomic E-state index is 0.134. The normalized spacial score (nSPS) is 13.3. The number of ether oxygens (including phenoxy) is 2. The lowest BCUT2D eigenvalue weighted by Crippen LogP contribution is -2.00. The summed E-state index contributed by atoms with van der Waals surface area (Å²) >= 11 is 0. The molecule has 0 unspecified atom stereocenters. The Bertz CT molecular complexity index is 2070. The first kappa shape index (κ1) is 27.2. The van der Waals surface area contributed by atoms with Crippen LogP contribution in [0.3, 0.4) is 0 Å². The maximum Gasteiger partial charge on any atom is 0.346 e. The van der Waals surface area contributed by atoms with Gasteiger partial charge < -0.3 is 9.47 Å². The Labute approximate surface area is 263 Å².